The highest BCUT2D eigenvalue weighted by molar-refractivity contribution is 7.80. The van der Waals surface area contributed by atoms with Gasteiger partial charge in [-0.2, -0.15) is 12.6 Å². The average molecular weight is 584 g/mol. The molecule has 0 aliphatic heterocycles. The number of aromatic amines is 1. The van der Waals surface area contributed by atoms with Crippen molar-refractivity contribution in [2.24, 2.45) is 11.7 Å². The van der Waals surface area contributed by atoms with Crippen LogP contribution in [0.3, 0.4) is 0 Å². The molecule has 4 atom stereocenters. The van der Waals surface area contributed by atoms with Crippen LogP contribution in [0.2, 0.25) is 0 Å². The Morgan fingerprint density at radius 3 is 2.12 bits per heavy atom. The molecule has 0 spiro atoms. The van der Waals surface area contributed by atoms with E-state index in [4.69, 9.17) is 5.73 Å². The monoisotopic (exact) mass is 583 g/mol. The van der Waals surface area contributed by atoms with Crippen LogP contribution in [0.15, 0.2) is 54.7 Å². The van der Waals surface area contributed by atoms with E-state index in [9.17, 15) is 29.4 Å². The van der Waals surface area contributed by atoms with Crippen LogP contribution in [-0.2, 0) is 32.0 Å². The van der Waals surface area contributed by atoms with Gasteiger partial charge in [-0.3, -0.25) is 14.4 Å². The van der Waals surface area contributed by atoms with Gasteiger partial charge >= 0.3 is 5.97 Å². The molecule has 0 aliphatic rings. The van der Waals surface area contributed by atoms with Crippen molar-refractivity contribution in [3.05, 3.63) is 65.9 Å². The summed E-state index contributed by atoms with van der Waals surface area (Å²) in [7, 11) is 0. The van der Waals surface area contributed by atoms with Gasteiger partial charge in [0.1, 0.15) is 23.9 Å². The quantitative estimate of drug-likeness (QED) is 0.132. The summed E-state index contributed by atoms with van der Waals surface area (Å²) in [6.07, 6.45) is 2.09. The number of hydrogen-bond donors (Lipinski definition) is 8. The summed E-state index contributed by atoms with van der Waals surface area (Å²) < 4.78 is 0. The van der Waals surface area contributed by atoms with E-state index in [1.807, 2.05) is 38.1 Å². The Morgan fingerprint density at radius 1 is 0.878 bits per heavy atom. The average Bonchev–Trinajstić information content (AvgIpc) is 3.34. The first-order valence-corrected chi connectivity index (χ1v) is 13.9. The summed E-state index contributed by atoms with van der Waals surface area (Å²) in [6.45, 7) is 3.74. The molecule has 41 heavy (non-hydrogen) atoms. The lowest BCUT2D eigenvalue weighted by Gasteiger charge is -2.26. The molecular weight excluding hydrogens is 546 g/mol. The lowest BCUT2D eigenvalue weighted by molar-refractivity contribution is -0.142. The second-order valence-corrected chi connectivity index (χ2v) is 10.7. The van der Waals surface area contributed by atoms with E-state index >= 15 is 0 Å². The van der Waals surface area contributed by atoms with E-state index in [2.05, 4.69) is 33.6 Å². The fourth-order valence-corrected chi connectivity index (χ4v) is 4.57. The van der Waals surface area contributed by atoms with Gasteiger partial charge < -0.3 is 36.9 Å². The molecule has 3 aromatic rings. The number of carboxylic acids is 1. The number of carbonyl (C=O) groups excluding carboxylic acids is 3. The molecule has 11 nitrogen and oxygen atoms in total. The Balaban J connectivity index is 1.81. The number of thiol groups is 1. The summed E-state index contributed by atoms with van der Waals surface area (Å²) in [5, 5.41) is 28.1. The van der Waals surface area contributed by atoms with E-state index < -0.39 is 47.9 Å². The summed E-state index contributed by atoms with van der Waals surface area (Å²) in [6, 6.07) is 9.18. The van der Waals surface area contributed by atoms with Crippen LogP contribution in [0.1, 0.15) is 31.4 Å². The molecule has 0 radical (unpaired) electrons. The third kappa shape index (κ3) is 8.98. The number of aromatic nitrogens is 1. The lowest BCUT2D eigenvalue weighted by Crippen LogP contribution is -2.58. The minimum Gasteiger partial charge on any atom is -0.508 e. The van der Waals surface area contributed by atoms with Crippen molar-refractivity contribution in [1.82, 2.24) is 20.9 Å². The Labute approximate surface area is 243 Å². The van der Waals surface area contributed by atoms with Crippen LogP contribution in [0, 0.1) is 5.92 Å². The Morgan fingerprint density at radius 2 is 1.49 bits per heavy atom. The number of hydrogen-bond acceptors (Lipinski definition) is 7. The number of phenolic OH excluding ortho intramolecular Hbond substituents is 1. The minimum absolute atomic E-state index is 0.0225. The molecule has 8 N–H and O–H groups in total. The van der Waals surface area contributed by atoms with Crippen LogP contribution >= 0.6 is 12.6 Å². The maximum atomic E-state index is 13.6. The van der Waals surface area contributed by atoms with Gasteiger partial charge in [0.15, 0.2) is 0 Å². The fourth-order valence-electron chi connectivity index (χ4n) is 4.41. The molecule has 3 amide bonds. The summed E-state index contributed by atoms with van der Waals surface area (Å²) in [5.41, 5.74) is 8.09. The second kappa shape index (κ2) is 14.6. The first-order chi connectivity index (χ1) is 19.5. The van der Waals surface area contributed by atoms with E-state index in [-0.39, 0.29) is 36.7 Å². The normalized spacial score (nSPS) is 14.2. The van der Waals surface area contributed by atoms with Crippen molar-refractivity contribution in [1.29, 1.82) is 0 Å². The van der Waals surface area contributed by atoms with Crippen molar-refractivity contribution in [2.75, 3.05) is 5.75 Å². The summed E-state index contributed by atoms with van der Waals surface area (Å²) in [4.78, 5) is 54.7. The highest BCUT2D eigenvalue weighted by atomic mass is 32.1. The number of aliphatic carboxylic acids is 1. The smallest absolute Gasteiger partial charge is 0.326 e. The van der Waals surface area contributed by atoms with Crippen molar-refractivity contribution < 1.29 is 29.4 Å². The van der Waals surface area contributed by atoms with Gasteiger partial charge in [0.2, 0.25) is 17.7 Å². The van der Waals surface area contributed by atoms with E-state index in [1.165, 1.54) is 12.1 Å². The molecule has 220 valence electrons. The number of carbonyl (C=O) groups is 4. The molecule has 0 saturated carbocycles. The number of fused-ring (bicyclic) bond motifs is 1. The highest BCUT2D eigenvalue weighted by Gasteiger charge is 2.31. The molecule has 0 saturated heterocycles. The Kier molecular flexibility index (Phi) is 11.2. The molecule has 2 aromatic carbocycles. The number of H-pyrrole nitrogens is 1. The van der Waals surface area contributed by atoms with Crippen LogP contribution in [0.4, 0.5) is 0 Å². The molecule has 3 rings (SSSR count). The fraction of sp³-hybridized carbons (Fsp3) is 0.379. The van der Waals surface area contributed by atoms with Crippen LogP contribution < -0.4 is 21.7 Å². The largest absolute Gasteiger partial charge is 0.508 e. The van der Waals surface area contributed by atoms with Crippen molar-refractivity contribution in [3.8, 4) is 5.75 Å². The molecule has 0 bridgehead atoms. The van der Waals surface area contributed by atoms with Gasteiger partial charge in [-0.05, 0) is 41.7 Å². The number of carboxylic acid groups (broad SMARTS) is 1. The number of phenols is 1. The van der Waals surface area contributed by atoms with E-state index in [1.54, 1.807) is 18.3 Å². The van der Waals surface area contributed by atoms with Crippen molar-refractivity contribution in [3.63, 3.8) is 0 Å². The zero-order valence-corrected chi connectivity index (χ0v) is 23.9. The summed E-state index contributed by atoms with van der Waals surface area (Å²) in [5.74, 6) is -3.00. The predicted molar refractivity (Wildman–Crippen MR) is 159 cm³/mol. The number of amides is 3. The van der Waals surface area contributed by atoms with Gasteiger partial charge in [0.25, 0.3) is 0 Å². The van der Waals surface area contributed by atoms with E-state index in [0.29, 0.717) is 5.56 Å². The van der Waals surface area contributed by atoms with E-state index in [0.717, 1.165) is 16.5 Å². The topological polar surface area (TPSA) is 187 Å². The standard InChI is InChI=1S/C29H37N5O6S/c1-16(2)11-23(27(37)34-25(29(39)40)12-17-7-9-19(35)10-8-17)33-28(38)24(32-26(36)21(30)15-41)13-18-14-31-22-6-4-3-5-20(18)22/h3-10,14,16,21,23-25,31,35,41H,11-13,15,30H2,1-2H3,(H,32,36)(H,33,38)(H,34,37)(H,39,40). The number of para-hydroxylation sites is 1. The molecule has 1 aromatic heterocycles. The van der Waals surface area contributed by atoms with Gasteiger partial charge in [0, 0.05) is 35.7 Å². The van der Waals surface area contributed by atoms with Crippen molar-refractivity contribution in [2.45, 2.75) is 57.3 Å². The molecule has 0 aliphatic carbocycles. The SMILES string of the molecule is CC(C)CC(NC(=O)C(Cc1c[nH]c2ccccc12)NC(=O)C(N)CS)C(=O)NC(Cc1ccc(O)cc1)C(=O)O. The summed E-state index contributed by atoms with van der Waals surface area (Å²) >= 11 is 4.07. The zero-order valence-electron chi connectivity index (χ0n) is 23.0. The maximum Gasteiger partial charge on any atom is 0.326 e. The maximum absolute atomic E-state index is 13.6. The third-order valence-corrected chi connectivity index (χ3v) is 6.99. The second-order valence-electron chi connectivity index (χ2n) is 10.4. The molecule has 12 heteroatoms. The van der Waals surface area contributed by atoms with Gasteiger partial charge in [0.05, 0.1) is 6.04 Å². The Bertz CT molecular complexity index is 1360. The molecule has 0 fully saturated rings. The molecule has 1 heterocycles. The van der Waals surface area contributed by atoms with Gasteiger partial charge in [-0.15, -0.1) is 0 Å². The van der Waals surface area contributed by atoms with Gasteiger partial charge in [-0.1, -0.05) is 44.2 Å². The number of nitrogens with one attached hydrogen (secondary N) is 4. The zero-order chi connectivity index (χ0) is 30.1. The van der Waals surface area contributed by atoms with Crippen LogP contribution in [0.25, 0.3) is 10.9 Å². The highest BCUT2D eigenvalue weighted by Crippen LogP contribution is 2.20. The van der Waals surface area contributed by atoms with Crippen molar-refractivity contribution >= 4 is 47.2 Å². The Hall–Kier alpha value is -4.03. The number of aromatic hydroxyl groups is 1. The van der Waals surface area contributed by atoms with Gasteiger partial charge in [-0.25, -0.2) is 4.79 Å². The van der Waals surface area contributed by atoms with Crippen LogP contribution in [0.5, 0.6) is 5.75 Å². The molecule has 4 unspecified atom stereocenters. The third-order valence-electron chi connectivity index (χ3n) is 6.60. The minimum atomic E-state index is -1.27. The lowest BCUT2D eigenvalue weighted by atomic mass is 9.99. The molecular formula is C29H37N5O6S. The van der Waals surface area contributed by atoms with Crippen LogP contribution in [-0.4, -0.2) is 68.8 Å². The number of rotatable bonds is 14. The number of benzene rings is 2. The number of nitrogens with two attached hydrogens (primary N) is 1. The first-order valence-electron chi connectivity index (χ1n) is 13.3. The first kappa shape index (κ1) is 31.5. The predicted octanol–water partition coefficient (Wildman–Crippen LogP) is 1.50.